The van der Waals surface area contributed by atoms with Crippen LogP contribution >= 0.6 is 11.3 Å². The van der Waals surface area contributed by atoms with Gasteiger partial charge in [0.2, 0.25) is 5.13 Å². The first-order valence-electron chi connectivity index (χ1n) is 8.97. The topological polar surface area (TPSA) is 96.3 Å². The first-order chi connectivity index (χ1) is 13.9. The van der Waals surface area contributed by atoms with E-state index in [1.807, 2.05) is 26.0 Å². The Bertz CT molecular complexity index is 1150. The van der Waals surface area contributed by atoms with Gasteiger partial charge in [0.25, 0.3) is 5.78 Å². The van der Waals surface area contributed by atoms with Crippen LogP contribution in [0.15, 0.2) is 48.3 Å². The van der Waals surface area contributed by atoms with Crippen LogP contribution in [-0.2, 0) is 9.59 Å². The number of carbonyl (C=O) groups excluding carboxylic acids is 2. The highest BCUT2D eigenvalue weighted by atomic mass is 32.1. The molecule has 1 N–H and O–H groups in total. The minimum Gasteiger partial charge on any atom is -0.507 e. The Labute approximate surface area is 171 Å². The predicted octanol–water partition coefficient (Wildman–Crippen LogP) is 3.48. The Hall–Kier alpha value is -3.39. The van der Waals surface area contributed by atoms with Crippen LogP contribution in [-0.4, -0.2) is 32.0 Å². The van der Waals surface area contributed by atoms with Gasteiger partial charge < -0.3 is 5.11 Å². The number of hydrogen-bond acceptors (Lipinski definition) is 7. The second kappa shape index (κ2) is 7.21. The largest absolute Gasteiger partial charge is 0.507 e. The van der Waals surface area contributed by atoms with E-state index in [1.165, 1.54) is 16.2 Å². The zero-order valence-corrected chi connectivity index (χ0v) is 16.9. The van der Waals surface area contributed by atoms with Crippen LogP contribution in [0.3, 0.4) is 0 Å². The number of rotatable bonds is 3. The zero-order chi connectivity index (χ0) is 20.7. The molecule has 29 heavy (non-hydrogen) atoms. The lowest BCUT2D eigenvalue weighted by Crippen LogP contribution is -2.29. The van der Waals surface area contributed by atoms with Crippen LogP contribution in [0.5, 0.6) is 0 Å². The van der Waals surface area contributed by atoms with Crippen molar-refractivity contribution in [3.63, 3.8) is 0 Å². The Morgan fingerprint density at radius 3 is 2.45 bits per heavy atom. The summed E-state index contributed by atoms with van der Waals surface area (Å²) in [5.41, 5.74) is 2.95. The lowest BCUT2D eigenvalue weighted by Gasteiger charge is -2.22. The molecule has 1 fully saturated rings. The van der Waals surface area contributed by atoms with E-state index in [1.54, 1.807) is 37.5 Å². The maximum absolute atomic E-state index is 13.0. The van der Waals surface area contributed by atoms with Crippen molar-refractivity contribution in [2.24, 2.45) is 0 Å². The molecule has 0 radical (unpaired) electrons. The van der Waals surface area contributed by atoms with Gasteiger partial charge in [0.05, 0.1) is 11.6 Å². The monoisotopic (exact) mass is 406 g/mol. The fourth-order valence-corrected chi connectivity index (χ4v) is 4.12. The van der Waals surface area contributed by atoms with Gasteiger partial charge in [-0.25, -0.2) is 0 Å². The van der Waals surface area contributed by atoms with Crippen molar-refractivity contribution in [1.82, 2.24) is 15.2 Å². The van der Waals surface area contributed by atoms with Crippen molar-refractivity contribution < 1.29 is 14.7 Å². The predicted molar refractivity (Wildman–Crippen MR) is 110 cm³/mol. The average molecular weight is 406 g/mol. The quantitative estimate of drug-likeness (QED) is 0.406. The molecule has 1 aromatic carbocycles. The number of hydrogen-bond donors (Lipinski definition) is 1. The Kier molecular flexibility index (Phi) is 4.71. The van der Waals surface area contributed by atoms with E-state index in [9.17, 15) is 14.7 Å². The molecule has 0 spiro atoms. The maximum atomic E-state index is 13.0. The van der Waals surface area contributed by atoms with Crippen LogP contribution in [0.2, 0.25) is 0 Å². The molecule has 0 bridgehead atoms. The lowest BCUT2D eigenvalue weighted by atomic mass is 9.94. The fraction of sp³-hybridized carbons (Fsp3) is 0.190. The molecule has 1 saturated heterocycles. The SMILES string of the molecule is Cc1ccc(C)c(C(O)=C2C(=O)C(=O)N(c3nnc(C)s3)C2c2ccncc2)c1. The summed E-state index contributed by atoms with van der Waals surface area (Å²) in [7, 11) is 0. The van der Waals surface area contributed by atoms with Gasteiger partial charge in [-0.3, -0.25) is 19.5 Å². The number of aromatic nitrogens is 3. The summed E-state index contributed by atoms with van der Waals surface area (Å²) >= 11 is 1.22. The standard InChI is InChI=1S/C21H18N4O3S/c1-11-4-5-12(2)15(10-11)18(26)16-17(14-6-8-22-9-7-14)25(20(28)19(16)27)21-24-23-13(3)29-21/h4-10,17,26H,1-3H3. The van der Waals surface area contributed by atoms with Gasteiger partial charge in [-0.2, -0.15) is 0 Å². The number of aliphatic hydroxyl groups excluding tert-OH is 1. The highest BCUT2D eigenvalue weighted by Gasteiger charge is 2.48. The zero-order valence-electron chi connectivity index (χ0n) is 16.1. The third-order valence-electron chi connectivity index (χ3n) is 4.84. The summed E-state index contributed by atoms with van der Waals surface area (Å²) < 4.78 is 0. The van der Waals surface area contributed by atoms with Gasteiger partial charge in [0.1, 0.15) is 10.8 Å². The number of carbonyl (C=O) groups is 2. The smallest absolute Gasteiger partial charge is 0.301 e. The summed E-state index contributed by atoms with van der Waals surface area (Å²) in [5, 5.41) is 20.2. The second-order valence-electron chi connectivity index (χ2n) is 6.87. The van der Waals surface area contributed by atoms with Crippen LogP contribution in [0.4, 0.5) is 5.13 Å². The number of anilines is 1. The third-order valence-corrected chi connectivity index (χ3v) is 5.67. The molecule has 1 atom stereocenters. The van der Waals surface area contributed by atoms with Gasteiger partial charge in [-0.1, -0.05) is 29.0 Å². The molecule has 3 aromatic rings. The first kappa shape index (κ1) is 18.9. The van der Waals surface area contributed by atoms with E-state index in [0.717, 1.165) is 11.1 Å². The Morgan fingerprint density at radius 2 is 1.79 bits per heavy atom. The number of aliphatic hydroxyl groups is 1. The van der Waals surface area contributed by atoms with Gasteiger partial charge in [-0.05, 0) is 50.1 Å². The minimum atomic E-state index is -0.815. The number of pyridine rings is 1. The van der Waals surface area contributed by atoms with Gasteiger partial charge in [-0.15, -0.1) is 10.2 Å². The van der Waals surface area contributed by atoms with Crippen molar-refractivity contribution in [3.8, 4) is 0 Å². The highest BCUT2D eigenvalue weighted by molar-refractivity contribution is 7.15. The molecule has 8 heteroatoms. The van der Waals surface area contributed by atoms with E-state index >= 15 is 0 Å². The van der Waals surface area contributed by atoms with Crippen molar-refractivity contribution in [2.75, 3.05) is 4.90 Å². The van der Waals surface area contributed by atoms with E-state index < -0.39 is 17.7 Å². The first-order valence-corrected chi connectivity index (χ1v) is 9.79. The molecule has 146 valence electrons. The molecule has 4 rings (SSSR count). The number of benzene rings is 1. The fourth-order valence-electron chi connectivity index (χ4n) is 3.41. The molecule has 1 amide bonds. The molecule has 3 heterocycles. The highest BCUT2D eigenvalue weighted by Crippen LogP contribution is 2.43. The van der Waals surface area contributed by atoms with Crippen LogP contribution in [0.25, 0.3) is 5.76 Å². The lowest BCUT2D eigenvalue weighted by molar-refractivity contribution is -0.132. The van der Waals surface area contributed by atoms with Crippen molar-refractivity contribution in [1.29, 1.82) is 0 Å². The Morgan fingerprint density at radius 1 is 1.07 bits per heavy atom. The van der Waals surface area contributed by atoms with E-state index in [2.05, 4.69) is 15.2 Å². The van der Waals surface area contributed by atoms with Crippen LogP contribution < -0.4 is 4.90 Å². The molecule has 0 saturated carbocycles. The number of aryl methyl sites for hydroxylation is 3. The van der Waals surface area contributed by atoms with Crippen LogP contribution in [0.1, 0.15) is 33.3 Å². The van der Waals surface area contributed by atoms with Gasteiger partial charge in [0, 0.05) is 18.0 Å². The maximum Gasteiger partial charge on any atom is 0.301 e. The van der Waals surface area contributed by atoms with Crippen molar-refractivity contribution in [2.45, 2.75) is 26.8 Å². The number of nitrogens with zero attached hydrogens (tertiary/aromatic N) is 4. The van der Waals surface area contributed by atoms with Crippen molar-refractivity contribution in [3.05, 3.63) is 75.6 Å². The second-order valence-corrected chi connectivity index (χ2v) is 8.03. The number of ketones is 1. The molecular formula is C21H18N4O3S. The summed E-state index contributed by atoms with van der Waals surface area (Å²) in [6, 6.07) is 8.22. The van der Waals surface area contributed by atoms with E-state index in [4.69, 9.17) is 0 Å². The van der Waals surface area contributed by atoms with E-state index in [0.29, 0.717) is 21.3 Å². The molecule has 1 aliphatic rings. The molecule has 2 aromatic heterocycles. The molecule has 1 aliphatic heterocycles. The molecular weight excluding hydrogens is 388 g/mol. The van der Waals surface area contributed by atoms with Crippen molar-refractivity contribution >= 4 is 33.9 Å². The van der Waals surface area contributed by atoms with Gasteiger partial charge >= 0.3 is 5.91 Å². The Balaban J connectivity index is 1.97. The summed E-state index contributed by atoms with van der Waals surface area (Å²) in [4.78, 5) is 31.3. The third kappa shape index (κ3) is 3.21. The van der Waals surface area contributed by atoms with Gasteiger partial charge in [0.15, 0.2) is 0 Å². The normalized spacial score (nSPS) is 18.4. The number of Topliss-reactive ketones (excluding diaryl/α,β-unsaturated/α-hetero) is 1. The van der Waals surface area contributed by atoms with Crippen LogP contribution in [0, 0.1) is 20.8 Å². The molecule has 0 aliphatic carbocycles. The minimum absolute atomic E-state index is 0.0303. The summed E-state index contributed by atoms with van der Waals surface area (Å²) in [5.74, 6) is -1.69. The molecule has 1 unspecified atom stereocenters. The number of amides is 1. The summed E-state index contributed by atoms with van der Waals surface area (Å²) in [6.45, 7) is 5.52. The average Bonchev–Trinajstić information content (AvgIpc) is 3.25. The molecule has 7 nitrogen and oxygen atoms in total. The summed E-state index contributed by atoms with van der Waals surface area (Å²) in [6.07, 6.45) is 3.16. The van der Waals surface area contributed by atoms with E-state index in [-0.39, 0.29) is 11.3 Å².